The Kier molecular flexibility index (Phi) is 9.49. The van der Waals surface area contributed by atoms with Crippen LogP contribution in [0.5, 0.6) is 5.75 Å². The predicted octanol–water partition coefficient (Wildman–Crippen LogP) is 5.53. The lowest BCUT2D eigenvalue weighted by Crippen LogP contribution is -2.42. The van der Waals surface area contributed by atoms with Crippen LogP contribution in [0.1, 0.15) is 58.6 Å². The summed E-state index contributed by atoms with van der Waals surface area (Å²) in [6, 6.07) is 16.7. The van der Waals surface area contributed by atoms with Crippen LogP contribution in [0.15, 0.2) is 73.1 Å². The molecule has 0 spiro atoms. The van der Waals surface area contributed by atoms with Crippen molar-refractivity contribution >= 4 is 41.0 Å². The number of rotatable bonds is 13. The number of benzene rings is 3. The van der Waals surface area contributed by atoms with Crippen LogP contribution >= 0.6 is 11.6 Å². The average molecular weight is 671 g/mol. The van der Waals surface area contributed by atoms with Crippen LogP contribution in [-0.4, -0.2) is 62.9 Å². The van der Waals surface area contributed by atoms with Gasteiger partial charge in [-0.15, -0.1) is 0 Å². The van der Waals surface area contributed by atoms with Gasteiger partial charge in [-0.2, -0.15) is 5.10 Å². The van der Waals surface area contributed by atoms with Gasteiger partial charge in [-0.25, -0.2) is 4.79 Å². The van der Waals surface area contributed by atoms with Gasteiger partial charge < -0.3 is 25.2 Å². The van der Waals surface area contributed by atoms with Gasteiger partial charge in [0.2, 0.25) is 5.91 Å². The van der Waals surface area contributed by atoms with Crippen LogP contribution in [0.3, 0.4) is 0 Å². The summed E-state index contributed by atoms with van der Waals surface area (Å²) in [7, 11) is 0. The number of aliphatic carboxylic acids is 2. The standard InChI is InChI=1S/C36H35ClN4O7/c1-21-28(37)9-4-11-31(21)48-13-5-12-32(42)41-20-24-15-27(24)34-26(8-3-10-30(34)41)25-17-38-40(19-25)18-22-6-2-7-23(14-22)35(45)39-29(36(46)47)16-33(43)44/h2-4,6-11,14,17,19,24,27,29H,5,12-13,15-16,18,20H2,1H3,(H,39,45)(H,43,44)(H,46,47)/t24-,27-,29+/m0/s1. The van der Waals surface area contributed by atoms with Gasteiger partial charge in [-0.1, -0.05) is 41.9 Å². The molecule has 3 N–H and O–H groups in total. The molecule has 48 heavy (non-hydrogen) atoms. The number of amides is 2. The van der Waals surface area contributed by atoms with Gasteiger partial charge in [0.05, 0.1) is 25.8 Å². The van der Waals surface area contributed by atoms with Crippen molar-refractivity contribution in [3.8, 4) is 16.9 Å². The van der Waals surface area contributed by atoms with Crippen molar-refractivity contribution in [1.29, 1.82) is 0 Å². The van der Waals surface area contributed by atoms with E-state index < -0.39 is 30.3 Å². The highest BCUT2D eigenvalue weighted by Crippen LogP contribution is 2.57. The van der Waals surface area contributed by atoms with E-state index in [2.05, 4.69) is 16.5 Å². The minimum atomic E-state index is -1.54. The quantitative estimate of drug-likeness (QED) is 0.157. The SMILES string of the molecule is Cc1c(Cl)cccc1OCCCC(=O)N1C[C@@H]2C[C@@H]2c2c(-c3cnn(Cc4cccc(C(=O)N[C@H](CC(=O)O)C(=O)O)c4)c3)cccc21. The van der Waals surface area contributed by atoms with Crippen LogP contribution in [0.4, 0.5) is 5.69 Å². The fourth-order valence-electron chi connectivity index (χ4n) is 6.29. The maximum atomic E-state index is 13.5. The molecule has 3 aromatic carbocycles. The first-order valence-electron chi connectivity index (χ1n) is 15.8. The van der Waals surface area contributed by atoms with Crippen molar-refractivity contribution in [2.45, 2.75) is 51.1 Å². The van der Waals surface area contributed by atoms with Crippen molar-refractivity contribution in [1.82, 2.24) is 15.1 Å². The highest BCUT2D eigenvalue weighted by atomic mass is 35.5. The monoisotopic (exact) mass is 670 g/mol. The maximum absolute atomic E-state index is 13.5. The number of nitrogens with one attached hydrogen (secondary N) is 1. The molecule has 12 heteroatoms. The Morgan fingerprint density at radius 1 is 1.08 bits per heavy atom. The zero-order valence-corrected chi connectivity index (χ0v) is 27.0. The second kappa shape index (κ2) is 13.9. The van der Waals surface area contributed by atoms with E-state index in [0.29, 0.717) is 49.4 Å². The molecule has 0 unspecified atom stereocenters. The largest absolute Gasteiger partial charge is 0.493 e. The number of hydrogen-bond acceptors (Lipinski definition) is 6. The molecule has 2 amide bonds. The lowest BCUT2D eigenvalue weighted by molar-refractivity contribution is -0.145. The van der Waals surface area contributed by atoms with Crippen LogP contribution < -0.4 is 15.0 Å². The van der Waals surface area contributed by atoms with Crippen LogP contribution in [-0.2, 0) is 20.9 Å². The first kappa shape index (κ1) is 32.8. The number of hydrogen-bond donors (Lipinski definition) is 3. The fourth-order valence-corrected chi connectivity index (χ4v) is 6.46. The topological polar surface area (TPSA) is 151 Å². The van der Waals surface area contributed by atoms with E-state index in [1.165, 1.54) is 11.6 Å². The summed E-state index contributed by atoms with van der Waals surface area (Å²) >= 11 is 6.20. The molecule has 0 bridgehead atoms. The van der Waals surface area contributed by atoms with Gasteiger partial charge in [-0.05, 0) is 78.6 Å². The van der Waals surface area contributed by atoms with E-state index >= 15 is 0 Å². The van der Waals surface area contributed by atoms with E-state index in [1.54, 1.807) is 23.0 Å². The van der Waals surface area contributed by atoms with Crippen LogP contribution in [0.25, 0.3) is 11.1 Å². The molecule has 0 radical (unpaired) electrons. The van der Waals surface area contributed by atoms with E-state index in [9.17, 15) is 24.3 Å². The highest BCUT2D eigenvalue weighted by Gasteiger charge is 2.47. The third-order valence-corrected chi connectivity index (χ3v) is 9.27. The Labute approximate surface area is 282 Å². The molecule has 0 saturated heterocycles. The molecule has 2 aliphatic rings. The first-order chi connectivity index (χ1) is 23.1. The zero-order chi connectivity index (χ0) is 33.9. The molecule has 1 aliphatic carbocycles. The normalized spacial score (nSPS) is 16.8. The molecule has 11 nitrogen and oxygen atoms in total. The van der Waals surface area contributed by atoms with E-state index in [1.807, 2.05) is 54.4 Å². The fraction of sp³-hybridized carbons (Fsp3) is 0.306. The molecule has 1 saturated carbocycles. The van der Waals surface area contributed by atoms with Gasteiger partial charge in [0, 0.05) is 46.6 Å². The number of anilines is 1. The van der Waals surface area contributed by atoms with Gasteiger partial charge >= 0.3 is 11.9 Å². The van der Waals surface area contributed by atoms with E-state index in [4.69, 9.17) is 21.4 Å². The number of carboxylic acids is 2. The van der Waals surface area contributed by atoms with Crippen molar-refractivity contribution in [2.75, 3.05) is 18.1 Å². The number of ether oxygens (including phenoxy) is 1. The third kappa shape index (κ3) is 7.21. The van der Waals surface area contributed by atoms with Crippen LogP contribution in [0, 0.1) is 12.8 Å². The summed E-state index contributed by atoms with van der Waals surface area (Å²) in [5.74, 6) is -1.81. The zero-order valence-electron chi connectivity index (χ0n) is 26.3. The van der Waals surface area contributed by atoms with Gasteiger partial charge in [0.15, 0.2) is 0 Å². The molecular formula is C36H35ClN4O7. The lowest BCUT2D eigenvalue weighted by Gasteiger charge is -2.30. The number of nitrogens with zero attached hydrogens (tertiary/aromatic N) is 3. The van der Waals surface area contributed by atoms with Crippen molar-refractivity contribution in [3.63, 3.8) is 0 Å². The minimum absolute atomic E-state index is 0.0717. The molecule has 4 aromatic rings. The summed E-state index contributed by atoms with van der Waals surface area (Å²) in [6.07, 6.45) is 4.98. The Hall–Kier alpha value is -5.16. The molecular weight excluding hydrogens is 636 g/mol. The molecule has 2 heterocycles. The van der Waals surface area contributed by atoms with Gasteiger partial charge in [0.1, 0.15) is 11.8 Å². The second-order valence-electron chi connectivity index (χ2n) is 12.2. The number of carbonyl (C=O) groups is 4. The molecule has 6 rings (SSSR count). The number of fused-ring (bicyclic) bond motifs is 3. The molecule has 248 valence electrons. The summed E-state index contributed by atoms with van der Waals surface area (Å²) in [4.78, 5) is 50.5. The Morgan fingerprint density at radius 3 is 2.67 bits per heavy atom. The lowest BCUT2D eigenvalue weighted by atomic mass is 9.92. The van der Waals surface area contributed by atoms with Crippen molar-refractivity contribution in [3.05, 3.63) is 100 Å². The summed E-state index contributed by atoms with van der Waals surface area (Å²) in [5, 5.41) is 25.7. The molecule has 1 aromatic heterocycles. The average Bonchev–Trinajstić information content (AvgIpc) is 3.71. The van der Waals surface area contributed by atoms with E-state index in [0.717, 1.165) is 40.1 Å². The summed E-state index contributed by atoms with van der Waals surface area (Å²) in [6.45, 7) is 3.38. The van der Waals surface area contributed by atoms with Crippen molar-refractivity contribution < 1.29 is 34.1 Å². The number of carbonyl (C=O) groups excluding carboxylic acids is 2. The third-order valence-electron chi connectivity index (χ3n) is 8.86. The summed E-state index contributed by atoms with van der Waals surface area (Å²) < 4.78 is 7.66. The van der Waals surface area contributed by atoms with Crippen molar-refractivity contribution in [2.24, 2.45) is 5.92 Å². The second-order valence-corrected chi connectivity index (χ2v) is 12.7. The Bertz CT molecular complexity index is 1890. The number of aromatic nitrogens is 2. The number of halogens is 1. The van der Waals surface area contributed by atoms with Gasteiger partial charge in [0.25, 0.3) is 5.91 Å². The summed E-state index contributed by atoms with van der Waals surface area (Å²) in [5.41, 5.74) is 5.92. The highest BCUT2D eigenvalue weighted by molar-refractivity contribution is 6.31. The van der Waals surface area contributed by atoms with Crippen LogP contribution in [0.2, 0.25) is 5.02 Å². The smallest absolute Gasteiger partial charge is 0.326 e. The molecule has 1 aliphatic heterocycles. The minimum Gasteiger partial charge on any atom is -0.493 e. The maximum Gasteiger partial charge on any atom is 0.326 e. The molecule has 1 fully saturated rings. The Morgan fingerprint density at radius 2 is 1.88 bits per heavy atom. The Balaban J connectivity index is 1.13. The first-order valence-corrected chi connectivity index (χ1v) is 16.1. The van der Waals surface area contributed by atoms with Gasteiger partial charge in [-0.3, -0.25) is 19.1 Å². The molecule has 3 atom stereocenters. The predicted molar refractivity (Wildman–Crippen MR) is 178 cm³/mol. The van der Waals surface area contributed by atoms with E-state index in [-0.39, 0.29) is 11.5 Å². The number of carboxylic acid groups (broad SMARTS) is 2.